The molecule has 1 nitrogen and oxygen atoms in total. The SMILES string of the molecule is CC1(C)c2ccccc2-c2ccc(-c3c4ccccc4c(-c4ccc(-n5c6c(c7ccccc75)CCC=C6)cc4)c4ccccc34)c3cccc1c23. The first-order valence-electron chi connectivity index (χ1n) is 18.6. The summed E-state index contributed by atoms with van der Waals surface area (Å²) in [5.41, 5.74) is 15.8. The molecule has 0 unspecified atom stereocenters. The number of hydrogen-bond acceptors (Lipinski definition) is 0. The molecule has 8 aromatic carbocycles. The third-order valence-corrected chi connectivity index (χ3v) is 12.1. The Morgan fingerprint density at radius 2 is 1.08 bits per heavy atom. The predicted molar refractivity (Wildman–Crippen MR) is 222 cm³/mol. The predicted octanol–water partition coefficient (Wildman–Crippen LogP) is 13.7. The van der Waals surface area contributed by atoms with Gasteiger partial charge in [-0.05, 0) is 120 Å². The van der Waals surface area contributed by atoms with E-state index in [1.807, 2.05) is 0 Å². The maximum atomic E-state index is 2.45. The highest BCUT2D eigenvalue weighted by molar-refractivity contribution is 6.24. The van der Waals surface area contributed by atoms with Crippen molar-refractivity contribution >= 4 is 49.3 Å². The molecule has 1 heteroatoms. The summed E-state index contributed by atoms with van der Waals surface area (Å²) in [7, 11) is 0. The van der Waals surface area contributed by atoms with Gasteiger partial charge in [0.2, 0.25) is 0 Å². The molecule has 1 aromatic heterocycles. The largest absolute Gasteiger partial charge is 0.310 e. The van der Waals surface area contributed by atoms with Gasteiger partial charge in [-0.1, -0.05) is 153 Å². The molecule has 0 radical (unpaired) electrons. The van der Waals surface area contributed by atoms with Gasteiger partial charge in [0, 0.05) is 22.2 Å². The molecule has 0 N–H and O–H groups in total. The van der Waals surface area contributed by atoms with Gasteiger partial charge in [-0.3, -0.25) is 0 Å². The van der Waals surface area contributed by atoms with Crippen LogP contribution in [0.3, 0.4) is 0 Å². The van der Waals surface area contributed by atoms with Crippen LogP contribution in [0.5, 0.6) is 0 Å². The molecule has 0 aliphatic heterocycles. The van der Waals surface area contributed by atoms with Crippen LogP contribution in [0.25, 0.3) is 88.4 Å². The number of allylic oxidation sites excluding steroid dienone is 1. The summed E-state index contributed by atoms with van der Waals surface area (Å²) in [6, 6.07) is 56.9. The van der Waals surface area contributed by atoms with E-state index in [2.05, 4.69) is 182 Å². The molecule has 2 aliphatic carbocycles. The van der Waals surface area contributed by atoms with Gasteiger partial charge in [0.15, 0.2) is 0 Å². The van der Waals surface area contributed by atoms with Gasteiger partial charge in [0.05, 0.1) is 5.52 Å². The molecule has 0 saturated heterocycles. The Balaban J connectivity index is 1.15. The van der Waals surface area contributed by atoms with Crippen molar-refractivity contribution in [1.29, 1.82) is 0 Å². The van der Waals surface area contributed by atoms with Crippen molar-refractivity contribution in [3.05, 3.63) is 180 Å². The molecule has 0 bridgehead atoms. The molecule has 246 valence electrons. The van der Waals surface area contributed by atoms with Gasteiger partial charge in [-0.2, -0.15) is 0 Å². The van der Waals surface area contributed by atoms with E-state index in [0.29, 0.717) is 0 Å². The summed E-state index contributed by atoms with van der Waals surface area (Å²) in [5, 5.41) is 9.19. The summed E-state index contributed by atoms with van der Waals surface area (Å²) < 4.78 is 2.45. The van der Waals surface area contributed by atoms with E-state index in [-0.39, 0.29) is 5.41 Å². The molecule has 9 aromatic rings. The molecule has 0 atom stereocenters. The van der Waals surface area contributed by atoms with Crippen LogP contribution in [0.2, 0.25) is 0 Å². The second-order valence-corrected chi connectivity index (χ2v) is 15.1. The third kappa shape index (κ3) is 3.99. The molecule has 0 spiro atoms. The topological polar surface area (TPSA) is 4.93 Å². The van der Waals surface area contributed by atoms with E-state index in [1.54, 1.807) is 0 Å². The number of hydrogen-bond donors (Lipinski definition) is 0. The van der Waals surface area contributed by atoms with E-state index in [9.17, 15) is 0 Å². The first kappa shape index (κ1) is 29.5. The highest BCUT2D eigenvalue weighted by atomic mass is 15.0. The second-order valence-electron chi connectivity index (χ2n) is 15.1. The number of aromatic nitrogens is 1. The van der Waals surface area contributed by atoms with Crippen molar-refractivity contribution in [3.63, 3.8) is 0 Å². The Labute approximate surface area is 304 Å². The van der Waals surface area contributed by atoms with Gasteiger partial charge in [-0.25, -0.2) is 0 Å². The van der Waals surface area contributed by atoms with Crippen molar-refractivity contribution in [2.75, 3.05) is 0 Å². The normalized spacial score (nSPS) is 14.3. The van der Waals surface area contributed by atoms with Crippen molar-refractivity contribution in [1.82, 2.24) is 4.57 Å². The zero-order valence-electron chi connectivity index (χ0n) is 29.4. The molecular weight excluding hydrogens is 627 g/mol. The summed E-state index contributed by atoms with van der Waals surface area (Å²) in [5.74, 6) is 0. The van der Waals surface area contributed by atoms with E-state index >= 15 is 0 Å². The highest BCUT2D eigenvalue weighted by Crippen LogP contribution is 2.52. The monoisotopic (exact) mass is 663 g/mol. The quantitative estimate of drug-likeness (QED) is 0.166. The average Bonchev–Trinajstić information content (AvgIpc) is 3.53. The van der Waals surface area contributed by atoms with Gasteiger partial charge < -0.3 is 4.57 Å². The lowest BCUT2D eigenvalue weighted by atomic mass is 9.68. The maximum absolute atomic E-state index is 2.45. The van der Waals surface area contributed by atoms with E-state index in [4.69, 9.17) is 0 Å². The number of nitrogens with zero attached hydrogens (tertiary/aromatic N) is 1. The molecule has 2 aliphatic rings. The van der Waals surface area contributed by atoms with Gasteiger partial charge >= 0.3 is 0 Å². The Hall–Kier alpha value is -6.18. The molecule has 0 fully saturated rings. The van der Waals surface area contributed by atoms with Gasteiger partial charge in [0.1, 0.15) is 0 Å². The fourth-order valence-electron chi connectivity index (χ4n) is 9.75. The van der Waals surface area contributed by atoms with Crippen LogP contribution < -0.4 is 0 Å². The van der Waals surface area contributed by atoms with Gasteiger partial charge in [0.25, 0.3) is 0 Å². The minimum absolute atomic E-state index is 0.0928. The van der Waals surface area contributed by atoms with Crippen molar-refractivity contribution in [3.8, 4) is 39.1 Å². The lowest BCUT2D eigenvalue weighted by molar-refractivity contribution is 0.645. The van der Waals surface area contributed by atoms with Crippen molar-refractivity contribution in [2.24, 2.45) is 0 Å². The van der Waals surface area contributed by atoms with E-state index < -0.39 is 0 Å². The number of fused-ring (bicyclic) bond motifs is 7. The minimum atomic E-state index is -0.0928. The minimum Gasteiger partial charge on any atom is -0.310 e. The summed E-state index contributed by atoms with van der Waals surface area (Å²) in [4.78, 5) is 0. The Kier molecular flexibility index (Phi) is 6.20. The lowest BCUT2D eigenvalue weighted by Crippen LogP contribution is -2.23. The molecule has 0 saturated carbocycles. The lowest BCUT2D eigenvalue weighted by Gasteiger charge is -2.35. The number of benzene rings is 8. The first-order chi connectivity index (χ1) is 25.6. The van der Waals surface area contributed by atoms with Crippen LogP contribution in [0.15, 0.2) is 158 Å². The first-order valence-corrected chi connectivity index (χ1v) is 18.6. The Morgan fingerprint density at radius 1 is 0.481 bits per heavy atom. The van der Waals surface area contributed by atoms with Crippen LogP contribution in [-0.4, -0.2) is 4.57 Å². The number of rotatable bonds is 3. The van der Waals surface area contributed by atoms with Crippen LogP contribution in [0.4, 0.5) is 0 Å². The smallest absolute Gasteiger partial charge is 0.0537 e. The fourth-order valence-corrected chi connectivity index (χ4v) is 9.75. The Morgan fingerprint density at radius 3 is 1.83 bits per heavy atom. The number of para-hydroxylation sites is 1. The summed E-state index contributed by atoms with van der Waals surface area (Å²) in [6.45, 7) is 4.76. The number of aryl methyl sites for hydroxylation is 1. The summed E-state index contributed by atoms with van der Waals surface area (Å²) in [6.07, 6.45) is 6.82. The summed E-state index contributed by atoms with van der Waals surface area (Å²) >= 11 is 0. The third-order valence-electron chi connectivity index (χ3n) is 12.1. The standard InChI is InChI=1S/C51H37N/c1-51(2)44-22-10-7-14-34(44)42-30-31-43(41-21-13-23-45(51)50(41)42)49-39-19-5-3-17-37(39)48(38-18-4-6-20-40(38)49)32-26-28-33(29-27-32)52-46-24-11-8-15-35(46)36-16-9-12-25-47(36)52/h3-8,10-15,17-31H,9,16H2,1-2H3. The zero-order valence-corrected chi connectivity index (χ0v) is 29.4. The van der Waals surface area contributed by atoms with Crippen LogP contribution in [0, 0.1) is 0 Å². The van der Waals surface area contributed by atoms with Gasteiger partial charge in [-0.15, -0.1) is 0 Å². The highest BCUT2D eigenvalue weighted by Gasteiger charge is 2.34. The van der Waals surface area contributed by atoms with E-state index in [1.165, 1.54) is 105 Å². The molecule has 11 rings (SSSR count). The van der Waals surface area contributed by atoms with Crippen molar-refractivity contribution < 1.29 is 0 Å². The van der Waals surface area contributed by atoms with E-state index in [0.717, 1.165) is 12.8 Å². The van der Waals surface area contributed by atoms with Crippen LogP contribution >= 0.6 is 0 Å². The Bertz CT molecular complexity index is 2910. The molecule has 52 heavy (non-hydrogen) atoms. The zero-order chi connectivity index (χ0) is 34.6. The van der Waals surface area contributed by atoms with Crippen LogP contribution in [-0.2, 0) is 11.8 Å². The fraction of sp³-hybridized carbons (Fsp3) is 0.0980. The molecule has 0 amide bonds. The molecular formula is C51H37N. The van der Waals surface area contributed by atoms with Crippen LogP contribution in [0.1, 0.15) is 42.7 Å². The van der Waals surface area contributed by atoms with Crippen molar-refractivity contribution in [2.45, 2.75) is 32.1 Å². The second kappa shape index (κ2) is 10.9. The average molecular weight is 664 g/mol. The molecule has 1 heterocycles. The maximum Gasteiger partial charge on any atom is 0.0537 e.